The lowest BCUT2D eigenvalue weighted by Gasteiger charge is -2.27. The highest BCUT2D eigenvalue weighted by Crippen LogP contribution is 2.19. The van der Waals surface area contributed by atoms with Gasteiger partial charge in [-0.05, 0) is 12.1 Å². The largest absolute Gasteiger partial charge is 0.336 e. The maximum Gasteiger partial charge on any atom is 0.257 e. The van der Waals surface area contributed by atoms with E-state index in [9.17, 15) is 9.18 Å². The summed E-state index contributed by atoms with van der Waals surface area (Å²) in [6, 6.07) is 6.10. The van der Waals surface area contributed by atoms with Crippen LogP contribution < -0.4 is 0 Å². The predicted molar refractivity (Wildman–Crippen MR) is 68.1 cm³/mol. The van der Waals surface area contributed by atoms with E-state index in [1.807, 2.05) is 11.6 Å². The van der Waals surface area contributed by atoms with Gasteiger partial charge < -0.3 is 9.47 Å². The van der Waals surface area contributed by atoms with Gasteiger partial charge in [-0.3, -0.25) is 4.79 Å². The Hall–Kier alpha value is -2.17. The van der Waals surface area contributed by atoms with Crippen molar-refractivity contribution in [1.82, 2.24) is 14.5 Å². The highest BCUT2D eigenvalue weighted by atomic mass is 19.1. The average Bonchev–Trinajstić information content (AvgIpc) is 2.80. The summed E-state index contributed by atoms with van der Waals surface area (Å²) < 4.78 is 15.6. The van der Waals surface area contributed by atoms with Crippen LogP contribution in [0.25, 0.3) is 0 Å². The first-order chi connectivity index (χ1) is 9.16. The molecule has 98 valence electrons. The number of carbonyl (C=O) groups excluding carboxylic acids is 1. The molecule has 1 aliphatic rings. The summed E-state index contributed by atoms with van der Waals surface area (Å²) in [5.74, 6) is -0.728. The number of hydrogen-bond acceptors (Lipinski definition) is 2. The molecule has 1 aromatic heterocycles. The first kappa shape index (κ1) is 11.9. The van der Waals surface area contributed by atoms with Gasteiger partial charge in [-0.1, -0.05) is 12.1 Å². The number of halogens is 1. The van der Waals surface area contributed by atoms with Crippen LogP contribution in [0.1, 0.15) is 21.7 Å². The molecule has 3 rings (SSSR count). The summed E-state index contributed by atoms with van der Waals surface area (Å²) in [6.45, 7) is 1.07. The van der Waals surface area contributed by atoms with Crippen molar-refractivity contribution >= 4 is 5.91 Å². The molecule has 5 heteroatoms. The number of amides is 1. The van der Waals surface area contributed by atoms with Gasteiger partial charge in [0.2, 0.25) is 0 Å². The SMILES string of the molecule is Cn1cnc2c1CN(C(=O)c1ccccc1F)CC2. The van der Waals surface area contributed by atoms with E-state index in [0.29, 0.717) is 13.1 Å². The Morgan fingerprint density at radius 2 is 2.16 bits per heavy atom. The molecule has 0 N–H and O–H groups in total. The molecule has 0 bridgehead atoms. The first-order valence-electron chi connectivity index (χ1n) is 6.19. The van der Waals surface area contributed by atoms with E-state index in [0.717, 1.165) is 17.8 Å². The fraction of sp³-hybridized carbons (Fsp3) is 0.286. The van der Waals surface area contributed by atoms with Gasteiger partial charge >= 0.3 is 0 Å². The third-order valence-corrected chi connectivity index (χ3v) is 3.50. The lowest BCUT2D eigenvalue weighted by molar-refractivity contribution is 0.0725. The highest BCUT2D eigenvalue weighted by molar-refractivity contribution is 5.94. The quantitative estimate of drug-likeness (QED) is 0.782. The number of aryl methyl sites for hydroxylation is 1. The molecular formula is C14H14FN3O. The third-order valence-electron chi connectivity index (χ3n) is 3.50. The van der Waals surface area contributed by atoms with Crippen molar-refractivity contribution in [1.29, 1.82) is 0 Å². The van der Waals surface area contributed by atoms with Crippen molar-refractivity contribution in [3.8, 4) is 0 Å². The minimum absolute atomic E-state index is 0.133. The molecule has 0 unspecified atom stereocenters. The summed E-state index contributed by atoms with van der Waals surface area (Å²) in [6.07, 6.45) is 2.47. The second-order valence-electron chi connectivity index (χ2n) is 4.71. The van der Waals surface area contributed by atoms with Gasteiger partial charge in [-0.15, -0.1) is 0 Å². The predicted octanol–water partition coefficient (Wildman–Crippen LogP) is 1.76. The van der Waals surface area contributed by atoms with Crippen molar-refractivity contribution in [2.24, 2.45) is 7.05 Å². The van der Waals surface area contributed by atoms with Gasteiger partial charge in [-0.25, -0.2) is 9.37 Å². The summed E-state index contributed by atoms with van der Waals surface area (Å²) >= 11 is 0. The van der Waals surface area contributed by atoms with Crippen LogP contribution in [0.3, 0.4) is 0 Å². The van der Waals surface area contributed by atoms with Crippen LogP contribution in [-0.4, -0.2) is 26.9 Å². The van der Waals surface area contributed by atoms with Crippen LogP contribution in [0.2, 0.25) is 0 Å². The Labute approximate surface area is 110 Å². The van der Waals surface area contributed by atoms with E-state index in [-0.39, 0.29) is 11.5 Å². The number of carbonyl (C=O) groups is 1. The molecule has 0 fully saturated rings. The number of nitrogens with zero attached hydrogens (tertiary/aromatic N) is 3. The maximum absolute atomic E-state index is 13.6. The Morgan fingerprint density at radius 1 is 1.37 bits per heavy atom. The molecule has 1 amide bonds. The molecule has 19 heavy (non-hydrogen) atoms. The van der Waals surface area contributed by atoms with Gasteiger partial charge in [0.25, 0.3) is 5.91 Å². The molecule has 1 aliphatic heterocycles. The van der Waals surface area contributed by atoms with Crippen molar-refractivity contribution in [2.75, 3.05) is 6.54 Å². The molecule has 4 nitrogen and oxygen atoms in total. The molecule has 0 saturated heterocycles. The molecule has 0 saturated carbocycles. The van der Waals surface area contributed by atoms with E-state index >= 15 is 0 Å². The van der Waals surface area contributed by atoms with Crippen LogP contribution in [-0.2, 0) is 20.0 Å². The zero-order valence-electron chi connectivity index (χ0n) is 10.6. The lowest BCUT2D eigenvalue weighted by atomic mass is 10.1. The normalized spacial score (nSPS) is 14.3. The second kappa shape index (κ2) is 4.50. The van der Waals surface area contributed by atoms with Crippen LogP contribution >= 0.6 is 0 Å². The van der Waals surface area contributed by atoms with Crippen LogP contribution in [0, 0.1) is 5.82 Å². The smallest absolute Gasteiger partial charge is 0.257 e. The number of benzene rings is 1. The van der Waals surface area contributed by atoms with E-state index < -0.39 is 5.82 Å². The summed E-state index contributed by atoms with van der Waals surface area (Å²) in [7, 11) is 1.91. The number of rotatable bonds is 1. The monoisotopic (exact) mass is 259 g/mol. The summed E-state index contributed by atoms with van der Waals surface area (Å²) in [5.41, 5.74) is 2.18. The minimum Gasteiger partial charge on any atom is -0.336 e. The van der Waals surface area contributed by atoms with Crippen LogP contribution in [0.4, 0.5) is 4.39 Å². The summed E-state index contributed by atoms with van der Waals surface area (Å²) in [5, 5.41) is 0. The summed E-state index contributed by atoms with van der Waals surface area (Å²) in [4.78, 5) is 18.3. The Kier molecular flexibility index (Phi) is 2.81. The van der Waals surface area contributed by atoms with Crippen molar-refractivity contribution < 1.29 is 9.18 Å². The van der Waals surface area contributed by atoms with Gasteiger partial charge in [0.15, 0.2) is 0 Å². The number of hydrogen-bond donors (Lipinski definition) is 0. The lowest BCUT2D eigenvalue weighted by Crippen LogP contribution is -2.37. The van der Waals surface area contributed by atoms with Gasteiger partial charge in [0.1, 0.15) is 5.82 Å². The Morgan fingerprint density at radius 3 is 2.95 bits per heavy atom. The van der Waals surface area contributed by atoms with E-state index in [4.69, 9.17) is 0 Å². The molecule has 0 atom stereocenters. The molecule has 2 aromatic rings. The third kappa shape index (κ3) is 2.01. The number of aromatic nitrogens is 2. The van der Waals surface area contributed by atoms with Gasteiger partial charge in [-0.2, -0.15) is 0 Å². The van der Waals surface area contributed by atoms with Crippen molar-refractivity contribution in [2.45, 2.75) is 13.0 Å². The Bertz CT molecular complexity index is 635. The Balaban J connectivity index is 1.87. The zero-order valence-corrected chi connectivity index (χ0v) is 10.6. The van der Waals surface area contributed by atoms with E-state index in [2.05, 4.69) is 4.98 Å². The molecule has 0 spiro atoms. The van der Waals surface area contributed by atoms with Crippen LogP contribution in [0.5, 0.6) is 0 Å². The van der Waals surface area contributed by atoms with Crippen molar-refractivity contribution in [3.05, 3.63) is 53.4 Å². The molecular weight excluding hydrogens is 245 g/mol. The van der Waals surface area contributed by atoms with E-state index in [1.54, 1.807) is 23.4 Å². The van der Waals surface area contributed by atoms with Gasteiger partial charge in [0, 0.05) is 20.0 Å². The topological polar surface area (TPSA) is 38.1 Å². The first-order valence-corrected chi connectivity index (χ1v) is 6.19. The zero-order chi connectivity index (χ0) is 13.4. The maximum atomic E-state index is 13.6. The average molecular weight is 259 g/mol. The fourth-order valence-corrected chi connectivity index (χ4v) is 2.39. The molecule has 2 heterocycles. The molecule has 0 radical (unpaired) electrons. The minimum atomic E-state index is -0.469. The van der Waals surface area contributed by atoms with Gasteiger partial charge in [0.05, 0.1) is 29.8 Å². The van der Waals surface area contributed by atoms with Crippen molar-refractivity contribution in [3.63, 3.8) is 0 Å². The fourth-order valence-electron chi connectivity index (χ4n) is 2.39. The number of imidazole rings is 1. The van der Waals surface area contributed by atoms with Crippen LogP contribution in [0.15, 0.2) is 30.6 Å². The standard InChI is InChI=1S/C14H14FN3O/c1-17-9-16-12-6-7-18(8-13(12)17)14(19)10-4-2-3-5-11(10)15/h2-5,9H,6-8H2,1H3. The molecule has 0 aliphatic carbocycles. The molecule has 1 aromatic carbocycles. The highest BCUT2D eigenvalue weighted by Gasteiger charge is 2.25. The van der Waals surface area contributed by atoms with E-state index in [1.165, 1.54) is 12.1 Å². The second-order valence-corrected chi connectivity index (χ2v) is 4.71. The number of fused-ring (bicyclic) bond motifs is 1.